The molecule has 1 aliphatic heterocycles. The molecular formula is C4H7BO3. The van der Waals surface area contributed by atoms with E-state index in [-0.39, 0.29) is 19.2 Å². The predicted octanol–water partition coefficient (Wildman–Crippen LogP) is 0.0663. The van der Waals surface area contributed by atoms with Crippen LogP contribution >= 0.6 is 0 Å². The van der Waals surface area contributed by atoms with Gasteiger partial charge in [0, 0.05) is 0 Å². The zero-order chi connectivity index (χ0) is 6.15. The fraction of sp³-hybridized carbons (Fsp3) is 0.750. The Morgan fingerprint density at radius 1 is 1.75 bits per heavy atom. The molecule has 44 valence electrons. The third kappa shape index (κ3) is 0.840. The number of rotatable bonds is 0. The highest BCUT2D eigenvalue weighted by atomic mass is 16.7. The zero-order valence-electron chi connectivity index (χ0n) is 4.88. The van der Waals surface area contributed by atoms with Gasteiger partial charge in [-0.3, -0.25) is 4.79 Å². The van der Waals surface area contributed by atoms with Crippen molar-refractivity contribution < 1.29 is 14.1 Å². The smallest absolute Gasteiger partial charge is 0.508 e. The largest absolute Gasteiger partial charge is 0.524 e. The third-order valence-corrected chi connectivity index (χ3v) is 1.01. The van der Waals surface area contributed by atoms with Crippen molar-refractivity contribution in [3.63, 3.8) is 0 Å². The van der Waals surface area contributed by atoms with Crippen molar-refractivity contribution in [3.8, 4) is 0 Å². The van der Waals surface area contributed by atoms with Crippen molar-refractivity contribution in [2.24, 2.45) is 0 Å². The minimum absolute atomic E-state index is 0.266. The molecule has 0 radical (unpaired) electrons. The Hall–Kier alpha value is -0.505. The molecule has 8 heavy (non-hydrogen) atoms. The Morgan fingerprint density at radius 2 is 2.38 bits per heavy atom. The predicted molar refractivity (Wildman–Crippen MR) is 28.3 cm³/mol. The van der Waals surface area contributed by atoms with Crippen molar-refractivity contribution in [2.45, 2.75) is 19.9 Å². The fourth-order valence-electron chi connectivity index (χ4n) is 0.630. The standard InChI is InChI=1S/C4H7BO3/c1-3-4(6)8-5(2)7-3/h3H,1-2H3/t3-/m0/s1. The molecule has 0 saturated carbocycles. The summed E-state index contributed by atoms with van der Waals surface area (Å²) in [5, 5.41) is 0. The van der Waals surface area contributed by atoms with E-state index in [1.807, 2.05) is 0 Å². The second-order valence-corrected chi connectivity index (χ2v) is 1.78. The molecule has 0 unspecified atom stereocenters. The van der Waals surface area contributed by atoms with Crippen LogP contribution < -0.4 is 0 Å². The Bertz CT molecular complexity index is 114. The Balaban J connectivity index is 2.51. The second-order valence-electron chi connectivity index (χ2n) is 1.78. The molecule has 1 aliphatic rings. The molecule has 0 aliphatic carbocycles. The van der Waals surface area contributed by atoms with E-state index in [2.05, 4.69) is 4.65 Å². The van der Waals surface area contributed by atoms with E-state index in [0.29, 0.717) is 0 Å². The lowest BCUT2D eigenvalue weighted by Gasteiger charge is -1.91. The van der Waals surface area contributed by atoms with Gasteiger partial charge in [0.05, 0.1) is 0 Å². The van der Waals surface area contributed by atoms with Gasteiger partial charge in [-0.2, -0.15) is 0 Å². The van der Waals surface area contributed by atoms with Gasteiger partial charge in [-0.05, 0) is 13.7 Å². The highest BCUT2D eigenvalue weighted by Gasteiger charge is 2.32. The van der Waals surface area contributed by atoms with Crippen LogP contribution in [0.3, 0.4) is 0 Å². The maximum Gasteiger partial charge on any atom is 0.524 e. The summed E-state index contributed by atoms with van der Waals surface area (Å²) >= 11 is 0. The van der Waals surface area contributed by atoms with Crippen molar-refractivity contribution >= 4 is 13.1 Å². The molecular weight excluding hydrogens is 107 g/mol. The van der Waals surface area contributed by atoms with Gasteiger partial charge in [-0.1, -0.05) is 0 Å². The van der Waals surface area contributed by atoms with Gasteiger partial charge >= 0.3 is 13.1 Å². The van der Waals surface area contributed by atoms with E-state index >= 15 is 0 Å². The van der Waals surface area contributed by atoms with Crippen LogP contribution in [0.4, 0.5) is 0 Å². The summed E-state index contributed by atoms with van der Waals surface area (Å²) in [7, 11) is -0.350. The normalized spacial score (nSPS) is 28.5. The highest BCUT2D eigenvalue weighted by molar-refractivity contribution is 6.47. The van der Waals surface area contributed by atoms with Crippen LogP contribution in [0.5, 0.6) is 0 Å². The second kappa shape index (κ2) is 1.78. The summed E-state index contributed by atoms with van der Waals surface area (Å²) in [5.74, 6) is -0.266. The van der Waals surface area contributed by atoms with Crippen LogP contribution in [0.15, 0.2) is 0 Å². The van der Waals surface area contributed by atoms with Gasteiger partial charge in [0.1, 0.15) is 6.10 Å². The van der Waals surface area contributed by atoms with E-state index in [9.17, 15) is 4.79 Å². The summed E-state index contributed by atoms with van der Waals surface area (Å²) < 4.78 is 9.51. The first-order chi connectivity index (χ1) is 3.70. The first-order valence-electron chi connectivity index (χ1n) is 2.56. The summed E-state index contributed by atoms with van der Waals surface area (Å²) in [6.45, 7) is 3.37. The van der Waals surface area contributed by atoms with Crippen LogP contribution in [0.1, 0.15) is 6.92 Å². The molecule has 1 atom stereocenters. The van der Waals surface area contributed by atoms with Crippen LogP contribution in [0.2, 0.25) is 6.82 Å². The van der Waals surface area contributed by atoms with Gasteiger partial charge in [0.2, 0.25) is 0 Å². The van der Waals surface area contributed by atoms with Crippen molar-refractivity contribution in [1.29, 1.82) is 0 Å². The Kier molecular flexibility index (Phi) is 1.25. The minimum atomic E-state index is -0.370. The average molecular weight is 114 g/mol. The number of hydrogen-bond donors (Lipinski definition) is 0. The minimum Gasteiger partial charge on any atom is -0.508 e. The quantitative estimate of drug-likeness (QED) is 0.418. The van der Waals surface area contributed by atoms with Crippen molar-refractivity contribution in [1.82, 2.24) is 0 Å². The van der Waals surface area contributed by atoms with Crippen LogP contribution in [0, 0.1) is 0 Å². The number of hydrogen-bond acceptors (Lipinski definition) is 3. The lowest BCUT2D eigenvalue weighted by Crippen LogP contribution is -2.09. The molecule has 1 heterocycles. The van der Waals surface area contributed by atoms with Crippen molar-refractivity contribution in [3.05, 3.63) is 0 Å². The Labute approximate surface area is 48.1 Å². The fourth-order valence-corrected chi connectivity index (χ4v) is 0.630. The summed E-state index contributed by atoms with van der Waals surface area (Å²) in [5.41, 5.74) is 0. The number of carbonyl (C=O) groups excluding carboxylic acids is 1. The van der Waals surface area contributed by atoms with E-state index in [1.165, 1.54) is 0 Å². The van der Waals surface area contributed by atoms with Crippen LogP contribution in [0.25, 0.3) is 0 Å². The maximum atomic E-state index is 10.4. The molecule has 1 rings (SSSR count). The molecule has 0 aromatic rings. The molecule has 0 amide bonds. The highest BCUT2D eigenvalue weighted by Crippen LogP contribution is 2.07. The molecule has 4 heteroatoms. The van der Waals surface area contributed by atoms with E-state index < -0.39 is 0 Å². The molecule has 1 saturated heterocycles. The average Bonchev–Trinajstić information content (AvgIpc) is 1.85. The molecule has 3 nitrogen and oxygen atoms in total. The zero-order valence-corrected chi connectivity index (χ0v) is 4.88. The monoisotopic (exact) mass is 114 g/mol. The van der Waals surface area contributed by atoms with Crippen molar-refractivity contribution in [2.75, 3.05) is 0 Å². The van der Waals surface area contributed by atoms with Crippen LogP contribution in [-0.2, 0) is 14.1 Å². The van der Waals surface area contributed by atoms with E-state index in [0.717, 1.165) is 0 Å². The first-order valence-corrected chi connectivity index (χ1v) is 2.56. The number of carbonyl (C=O) groups is 1. The summed E-state index contributed by atoms with van der Waals surface area (Å²) in [6, 6.07) is 0. The Morgan fingerprint density at radius 3 is 2.50 bits per heavy atom. The maximum absolute atomic E-state index is 10.4. The van der Waals surface area contributed by atoms with Crippen LogP contribution in [-0.4, -0.2) is 19.2 Å². The molecule has 0 spiro atoms. The SMILES string of the molecule is CB1OC(=O)[C@H](C)O1. The summed E-state index contributed by atoms with van der Waals surface area (Å²) in [4.78, 5) is 10.4. The van der Waals surface area contributed by atoms with Gasteiger partial charge in [0.25, 0.3) is 0 Å². The molecule has 0 N–H and O–H groups in total. The lowest BCUT2D eigenvalue weighted by atomic mass is 9.97. The van der Waals surface area contributed by atoms with Gasteiger partial charge in [-0.25, -0.2) is 0 Å². The summed E-state index contributed by atoms with van der Waals surface area (Å²) in [6.07, 6.45) is -0.370. The first kappa shape index (κ1) is 5.63. The third-order valence-electron chi connectivity index (χ3n) is 1.01. The molecule has 0 aromatic carbocycles. The lowest BCUT2D eigenvalue weighted by molar-refractivity contribution is -0.135. The molecule has 0 aromatic heterocycles. The van der Waals surface area contributed by atoms with E-state index in [1.54, 1.807) is 13.7 Å². The van der Waals surface area contributed by atoms with E-state index in [4.69, 9.17) is 4.65 Å². The topological polar surface area (TPSA) is 35.5 Å². The van der Waals surface area contributed by atoms with Gasteiger partial charge in [-0.15, -0.1) is 0 Å². The molecule has 1 fully saturated rings. The molecule has 0 bridgehead atoms. The van der Waals surface area contributed by atoms with Gasteiger partial charge < -0.3 is 9.31 Å². The van der Waals surface area contributed by atoms with Gasteiger partial charge in [0.15, 0.2) is 0 Å².